The number of aliphatic hydroxyl groups is 1. The number of anilines is 4. The molecule has 6 aliphatic rings. The SMILES string of the molecule is CC(C)c1ccccc1[C@@H]1COCCN1[C@H]1CC12CCN(c1ccc(C(=O)NS(=O)(=O)c3ccc(NCC4CCC(C)(O)CC4)c([N+](=O)[O-])c3)c(N3c4cc5cc[nH]c5nc4O[C@H]4COCC[C@@H]43)c1)CC2. The largest absolute Gasteiger partial charge is 0.468 e. The fraction of sp³-hybridized carbons (Fsp3) is 0.509. The lowest BCUT2D eigenvalue weighted by molar-refractivity contribution is -0.384. The number of H-pyrrole nitrogens is 1. The number of benzene rings is 3. The molecule has 3 saturated heterocycles. The minimum Gasteiger partial charge on any atom is -0.468 e. The standard InChI is InChI=1S/C53H64N8O9S/c1-33(2)38-6-4-5-7-39(38)46-31-69-25-23-59(46)48-29-53(48)18-21-58(22-19-53)36-8-10-40(43(27-36)60-42-15-24-68-32-47(42)70-51-45(60)26-35-14-20-54-49(35)56-51)50(62)57-71(66,67)37-9-11-41(44(28-37)61(64)65)55-30-34-12-16-52(3,63)17-13-34/h4-11,14,20,26-28,33-34,42,46-48,55,63H,12-13,15-19,21-25,29-32H2,1-3H3,(H,54,56)(H,57,62)/t34?,42-,46-,47-,48-,52?/m0/s1. The molecule has 3 aromatic carbocycles. The van der Waals surface area contributed by atoms with Crippen LogP contribution >= 0.6 is 0 Å². The van der Waals surface area contributed by atoms with Crippen molar-refractivity contribution in [2.45, 2.75) is 113 Å². The molecule has 1 amide bonds. The van der Waals surface area contributed by atoms with Crippen molar-refractivity contribution < 1.29 is 37.5 Å². The molecule has 18 heteroatoms. The Bertz CT molecular complexity index is 2940. The van der Waals surface area contributed by atoms with Gasteiger partial charge in [0.15, 0.2) is 0 Å². The summed E-state index contributed by atoms with van der Waals surface area (Å²) in [5.41, 5.74) is 4.77. The molecule has 6 heterocycles. The molecule has 4 aliphatic heterocycles. The second-order valence-corrected chi connectivity index (χ2v) is 22.9. The molecule has 4 N–H and O–H groups in total. The van der Waals surface area contributed by atoms with Gasteiger partial charge < -0.3 is 39.4 Å². The Hall–Kier alpha value is -5.79. The highest BCUT2D eigenvalue weighted by Gasteiger charge is 2.59. The summed E-state index contributed by atoms with van der Waals surface area (Å²) in [5, 5.41) is 26.7. The van der Waals surface area contributed by atoms with Crippen molar-refractivity contribution in [3.63, 3.8) is 0 Å². The number of aromatic amines is 1. The summed E-state index contributed by atoms with van der Waals surface area (Å²) < 4.78 is 49.2. The monoisotopic (exact) mass is 988 g/mol. The first-order valence-corrected chi connectivity index (χ1v) is 26.8. The van der Waals surface area contributed by atoms with Gasteiger partial charge in [-0.25, -0.2) is 13.1 Å². The maximum atomic E-state index is 14.7. The van der Waals surface area contributed by atoms with Gasteiger partial charge >= 0.3 is 0 Å². The number of hydrogen-bond acceptors (Lipinski definition) is 14. The molecule has 1 spiro atoms. The van der Waals surface area contributed by atoms with Crippen molar-refractivity contribution in [2.24, 2.45) is 11.3 Å². The van der Waals surface area contributed by atoms with Crippen molar-refractivity contribution >= 4 is 55.4 Å². The topological polar surface area (TPSA) is 205 Å². The number of ether oxygens (including phenoxy) is 3. The number of rotatable bonds is 12. The Morgan fingerprint density at radius 1 is 0.958 bits per heavy atom. The van der Waals surface area contributed by atoms with Crippen LogP contribution < -0.4 is 24.6 Å². The van der Waals surface area contributed by atoms with Crippen LogP contribution in [0, 0.1) is 21.4 Å². The number of carbonyl (C=O) groups is 1. The molecule has 2 aliphatic carbocycles. The van der Waals surface area contributed by atoms with Crippen LogP contribution in [0.3, 0.4) is 0 Å². The minimum absolute atomic E-state index is 0.111. The Morgan fingerprint density at radius 3 is 2.54 bits per heavy atom. The van der Waals surface area contributed by atoms with Gasteiger partial charge in [-0.05, 0) is 129 Å². The zero-order valence-corrected chi connectivity index (χ0v) is 41.5. The molecule has 0 radical (unpaired) electrons. The number of fused-ring (bicyclic) bond motifs is 3. The second kappa shape index (κ2) is 18.7. The molecule has 2 saturated carbocycles. The van der Waals surface area contributed by atoms with Crippen molar-refractivity contribution in [3.8, 4) is 5.88 Å². The van der Waals surface area contributed by atoms with Crippen molar-refractivity contribution in [2.75, 3.05) is 67.7 Å². The van der Waals surface area contributed by atoms with Gasteiger partial charge in [0.05, 0.1) is 58.6 Å². The highest BCUT2D eigenvalue weighted by atomic mass is 32.2. The molecule has 17 nitrogen and oxygen atoms in total. The minimum atomic E-state index is -4.62. The van der Waals surface area contributed by atoms with E-state index in [9.17, 15) is 28.4 Å². The zero-order valence-electron chi connectivity index (χ0n) is 40.6. The lowest BCUT2D eigenvalue weighted by Gasteiger charge is -2.45. The molecule has 0 unspecified atom stereocenters. The van der Waals surface area contributed by atoms with Gasteiger partial charge in [0.2, 0.25) is 5.88 Å². The third-order valence-corrected chi connectivity index (χ3v) is 17.7. The van der Waals surface area contributed by atoms with Gasteiger partial charge in [0.1, 0.15) is 23.1 Å². The van der Waals surface area contributed by atoms with E-state index in [4.69, 9.17) is 19.2 Å². The summed E-state index contributed by atoms with van der Waals surface area (Å²) in [6.45, 7) is 11.5. The molecule has 0 bridgehead atoms. The van der Waals surface area contributed by atoms with Crippen LogP contribution in [0.15, 0.2) is 83.9 Å². The quantitative estimate of drug-likeness (QED) is 0.0688. The Morgan fingerprint density at radius 2 is 1.75 bits per heavy atom. The van der Waals surface area contributed by atoms with Crippen LogP contribution in [-0.4, -0.2) is 116 Å². The van der Waals surface area contributed by atoms with Crippen LogP contribution in [0.1, 0.15) is 106 Å². The number of sulfonamides is 1. The Kier molecular flexibility index (Phi) is 12.5. The third-order valence-electron chi connectivity index (χ3n) is 16.4. The predicted octanol–water partition coefficient (Wildman–Crippen LogP) is 8.19. The number of pyridine rings is 1. The van der Waals surface area contributed by atoms with E-state index in [-0.39, 0.29) is 34.7 Å². The van der Waals surface area contributed by atoms with Gasteiger partial charge in [-0.1, -0.05) is 38.1 Å². The van der Waals surface area contributed by atoms with E-state index in [0.717, 1.165) is 75.5 Å². The van der Waals surface area contributed by atoms with E-state index in [1.165, 1.54) is 23.3 Å². The predicted molar refractivity (Wildman–Crippen MR) is 270 cm³/mol. The van der Waals surface area contributed by atoms with Gasteiger partial charge in [-0.2, -0.15) is 4.98 Å². The zero-order chi connectivity index (χ0) is 49.2. The number of carbonyl (C=O) groups excluding carboxylic acids is 1. The summed E-state index contributed by atoms with van der Waals surface area (Å²) in [7, 11) is -4.62. The third kappa shape index (κ3) is 9.22. The number of nitro groups is 1. The fourth-order valence-corrected chi connectivity index (χ4v) is 13.2. The molecule has 4 atom stereocenters. The van der Waals surface area contributed by atoms with Crippen LogP contribution in [0.25, 0.3) is 11.0 Å². The number of piperidine rings is 1. The number of hydrogen-bond donors (Lipinski definition) is 4. The summed E-state index contributed by atoms with van der Waals surface area (Å²) in [6, 6.07) is 22.3. The number of nitrogens with zero attached hydrogens (tertiary/aromatic N) is 5. The van der Waals surface area contributed by atoms with Crippen LogP contribution in [0.2, 0.25) is 0 Å². The van der Waals surface area contributed by atoms with Gasteiger partial charge in [-0.3, -0.25) is 19.8 Å². The maximum Gasteiger partial charge on any atom is 0.293 e. The normalized spacial score (nSPS) is 26.4. The summed E-state index contributed by atoms with van der Waals surface area (Å²) in [5.74, 6) is 0.0932. The number of aromatic nitrogens is 2. The first-order valence-electron chi connectivity index (χ1n) is 25.3. The lowest BCUT2D eigenvalue weighted by Crippen LogP contribution is -2.53. The van der Waals surface area contributed by atoms with Gasteiger partial charge in [-0.15, -0.1) is 0 Å². The van der Waals surface area contributed by atoms with Crippen LogP contribution in [-0.2, 0) is 19.5 Å². The number of morpholine rings is 1. The molecule has 2 aromatic heterocycles. The first-order chi connectivity index (χ1) is 34.2. The Balaban J connectivity index is 0.884. The van der Waals surface area contributed by atoms with E-state index in [1.807, 2.05) is 31.2 Å². The molecule has 11 rings (SSSR count). The Labute approximate surface area is 414 Å². The summed E-state index contributed by atoms with van der Waals surface area (Å²) in [4.78, 5) is 41.2. The number of nitrogens with one attached hydrogen (secondary N) is 3. The number of nitro benzene ring substituents is 1. The van der Waals surface area contributed by atoms with E-state index < -0.39 is 43.1 Å². The highest BCUT2D eigenvalue weighted by molar-refractivity contribution is 7.90. The van der Waals surface area contributed by atoms with E-state index in [1.54, 1.807) is 12.3 Å². The average molecular weight is 989 g/mol. The molecule has 71 heavy (non-hydrogen) atoms. The molecule has 5 aromatic rings. The second-order valence-electron chi connectivity index (χ2n) is 21.3. The van der Waals surface area contributed by atoms with Gasteiger partial charge in [0.25, 0.3) is 21.6 Å². The van der Waals surface area contributed by atoms with E-state index >= 15 is 0 Å². The summed E-state index contributed by atoms with van der Waals surface area (Å²) >= 11 is 0. The van der Waals surface area contributed by atoms with Crippen molar-refractivity contribution in [1.29, 1.82) is 0 Å². The highest BCUT2D eigenvalue weighted by Crippen LogP contribution is 2.59. The molecule has 376 valence electrons. The lowest BCUT2D eigenvalue weighted by atomic mass is 9.80. The first kappa shape index (κ1) is 47.5. The number of amides is 1. The maximum absolute atomic E-state index is 14.7. The van der Waals surface area contributed by atoms with Gasteiger partial charge in [0, 0.05) is 62.2 Å². The van der Waals surface area contributed by atoms with E-state index in [2.05, 4.69) is 67.8 Å². The summed E-state index contributed by atoms with van der Waals surface area (Å²) in [6.07, 6.45) is 7.89. The fourth-order valence-electron chi connectivity index (χ4n) is 12.2. The van der Waals surface area contributed by atoms with E-state index in [0.29, 0.717) is 80.5 Å². The smallest absolute Gasteiger partial charge is 0.293 e. The average Bonchev–Trinajstić information content (AvgIpc) is 3.85. The van der Waals surface area contributed by atoms with Crippen LogP contribution in [0.5, 0.6) is 5.88 Å². The van der Waals surface area contributed by atoms with Crippen molar-refractivity contribution in [1.82, 2.24) is 19.6 Å². The molecule has 5 fully saturated rings. The molecular formula is C53H64N8O9S. The van der Waals surface area contributed by atoms with Crippen molar-refractivity contribution in [3.05, 3.63) is 106 Å². The van der Waals surface area contributed by atoms with Crippen LogP contribution in [0.4, 0.5) is 28.4 Å². The molecular weight excluding hydrogens is 925 g/mol.